The van der Waals surface area contributed by atoms with Crippen LogP contribution in [-0.2, 0) is 65.4 Å². The second kappa shape index (κ2) is 53.5. The summed E-state index contributed by atoms with van der Waals surface area (Å²) < 4.78 is 67.8. The second-order valence-corrected chi connectivity index (χ2v) is 26.8. The van der Waals surface area contributed by atoms with Crippen LogP contribution in [0, 0.1) is 17.8 Å². The van der Waals surface area contributed by atoms with E-state index in [4.69, 9.17) is 37.0 Å². The van der Waals surface area contributed by atoms with E-state index in [0.29, 0.717) is 37.5 Å². The van der Waals surface area contributed by atoms with E-state index in [9.17, 15) is 43.2 Å². The lowest BCUT2D eigenvalue weighted by atomic mass is 10.0. The summed E-state index contributed by atoms with van der Waals surface area (Å²) in [6, 6.07) is 0. The van der Waals surface area contributed by atoms with Crippen molar-refractivity contribution < 1.29 is 80.2 Å². The quantitative estimate of drug-likeness (QED) is 0.0222. The number of hydrogen-bond donors (Lipinski definition) is 3. The molecule has 81 heavy (non-hydrogen) atoms. The number of ether oxygens (including phenoxy) is 4. The molecule has 0 aromatic rings. The molecule has 0 spiro atoms. The lowest BCUT2D eigenvalue weighted by Gasteiger charge is -2.21. The summed E-state index contributed by atoms with van der Waals surface area (Å²) in [5, 5.41) is 10.5. The van der Waals surface area contributed by atoms with Crippen molar-refractivity contribution in [1.29, 1.82) is 0 Å². The first-order valence-electron chi connectivity index (χ1n) is 32.3. The van der Waals surface area contributed by atoms with Crippen molar-refractivity contribution in [3.63, 3.8) is 0 Å². The molecule has 0 amide bonds. The Balaban J connectivity index is 5.23. The monoisotopic (exact) mass is 1200 g/mol. The summed E-state index contributed by atoms with van der Waals surface area (Å²) in [6.07, 6.45) is 33.7. The Morgan fingerprint density at radius 2 is 0.568 bits per heavy atom. The van der Waals surface area contributed by atoms with E-state index in [0.717, 1.165) is 109 Å². The summed E-state index contributed by atoms with van der Waals surface area (Å²) in [5.74, 6) is 0.00954. The number of aliphatic hydroxyl groups excluding tert-OH is 1. The largest absolute Gasteiger partial charge is 0.472 e. The molecule has 0 aromatic heterocycles. The van der Waals surface area contributed by atoms with Crippen LogP contribution >= 0.6 is 15.6 Å². The Kier molecular flexibility index (Phi) is 52.2. The van der Waals surface area contributed by atoms with Crippen LogP contribution in [0.25, 0.3) is 0 Å². The van der Waals surface area contributed by atoms with E-state index in [2.05, 4.69) is 48.5 Å². The molecule has 0 radical (unpaired) electrons. The third-order valence-electron chi connectivity index (χ3n) is 14.1. The normalized spacial score (nSPS) is 14.4. The molecule has 0 aliphatic rings. The highest BCUT2D eigenvalue weighted by molar-refractivity contribution is 7.47. The van der Waals surface area contributed by atoms with E-state index >= 15 is 0 Å². The molecule has 0 aromatic carbocycles. The summed E-state index contributed by atoms with van der Waals surface area (Å²) in [4.78, 5) is 72.0. The summed E-state index contributed by atoms with van der Waals surface area (Å²) in [7, 11) is -9.88. The van der Waals surface area contributed by atoms with E-state index in [1.807, 2.05) is 0 Å². The van der Waals surface area contributed by atoms with Gasteiger partial charge in [0, 0.05) is 25.7 Å². The minimum atomic E-state index is -4.94. The maximum absolute atomic E-state index is 12.9. The van der Waals surface area contributed by atoms with Gasteiger partial charge in [0.05, 0.1) is 26.4 Å². The number of hydrogen-bond acceptors (Lipinski definition) is 15. The fourth-order valence-electron chi connectivity index (χ4n) is 9.13. The Morgan fingerprint density at radius 1 is 0.333 bits per heavy atom. The standard InChI is InChI=1S/C62H120O17P2/c1-8-9-10-11-12-22-29-36-43-59(64)72-49-58(79-62(67)46-39-32-25-18-21-28-35-42-55(6)7)52-77-81(70,71)75-48-56(63)47-74-80(68,69)76-51-57(50-73-60(65)44-37-30-24-17-20-27-34-41-54(4)5)78-61(66)45-38-31-23-16-14-13-15-19-26-33-40-53(2)3/h53-58,63H,8-52H2,1-7H3,(H,68,69)(H,70,71)/t56-,57-,58-/m1/s1. The minimum absolute atomic E-state index is 0.103. The molecular weight excluding hydrogens is 1080 g/mol. The number of esters is 4. The predicted octanol–water partition coefficient (Wildman–Crippen LogP) is 16.7. The van der Waals surface area contributed by atoms with Crippen molar-refractivity contribution >= 4 is 39.5 Å². The van der Waals surface area contributed by atoms with Crippen LogP contribution in [0.1, 0.15) is 299 Å². The van der Waals surface area contributed by atoms with Crippen LogP contribution in [0.5, 0.6) is 0 Å². The van der Waals surface area contributed by atoms with Gasteiger partial charge in [0.2, 0.25) is 0 Å². The van der Waals surface area contributed by atoms with Crippen LogP contribution in [0.2, 0.25) is 0 Å². The predicted molar refractivity (Wildman–Crippen MR) is 321 cm³/mol. The third kappa shape index (κ3) is 56.9. The van der Waals surface area contributed by atoms with Crippen LogP contribution < -0.4 is 0 Å². The Labute approximate surface area is 492 Å². The number of carbonyl (C=O) groups excluding carboxylic acids is 4. The second-order valence-electron chi connectivity index (χ2n) is 23.9. The van der Waals surface area contributed by atoms with Crippen LogP contribution in [0.3, 0.4) is 0 Å². The summed E-state index contributed by atoms with van der Waals surface area (Å²) >= 11 is 0. The zero-order chi connectivity index (χ0) is 60.3. The average Bonchev–Trinajstić information content (AvgIpc) is 3.41. The van der Waals surface area contributed by atoms with Gasteiger partial charge in [-0.3, -0.25) is 37.3 Å². The number of rotatable bonds is 60. The van der Waals surface area contributed by atoms with E-state index in [1.165, 1.54) is 96.3 Å². The van der Waals surface area contributed by atoms with Crippen molar-refractivity contribution in [2.75, 3.05) is 39.6 Å². The van der Waals surface area contributed by atoms with Gasteiger partial charge in [-0.1, -0.05) is 248 Å². The van der Waals surface area contributed by atoms with Crippen molar-refractivity contribution in [2.24, 2.45) is 17.8 Å². The summed E-state index contributed by atoms with van der Waals surface area (Å²) in [6.45, 7) is 11.6. The van der Waals surface area contributed by atoms with Gasteiger partial charge >= 0.3 is 39.5 Å². The van der Waals surface area contributed by atoms with E-state index in [-0.39, 0.29) is 25.7 Å². The highest BCUT2D eigenvalue weighted by Crippen LogP contribution is 2.45. The maximum atomic E-state index is 12.9. The Morgan fingerprint density at radius 3 is 0.840 bits per heavy atom. The number of phosphoric acid groups is 2. The minimum Gasteiger partial charge on any atom is -0.462 e. The topological polar surface area (TPSA) is 237 Å². The van der Waals surface area contributed by atoms with E-state index in [1.54, 1.807) is 0 Å². The molecular formula is C62H120O17P2. The van der Waals surface area contributed by atoms with Gasteiger partial charge in [0.1, 0.15) is 19.3 Å². The molecule has 0 fully saturated rings. The van der Waals surface area contributed by atoms with E-state index < -0.39 is 97.5 Å². The average molecular weight is 1200 g/mol. The van der Waals surface area contributed by atoms with Crippen molar-refractivity contribution in [2.45, 2.75) is 317 Å². The molecule has 0 saturated carbocycles. The molecule has 2 unspecified atom stereocenters. The molecule has 19 heteroatoms. The molecule has 0 saturated heterocycles. The first kappa shape index (κ1) is 79.1. The highest BCUT2D eigenvalue weighted by Gasteiger charge is 2.30. The number of carbonyl (C=O) groups is 4. The van der Waals surface area contributed by atoms with Crippen molar-refractivity contribution in [3.8, 4) is 0 Å². The van der Waals surface area contributed by atoms with Gasteiger partial charge in [-0.2, -0.15) is 0 Å². The zero-order valence-electron chi connectivity index (χ0n) is 52.2. The molecule has 5 atom stereocenters. The Bertz CT molecular complexity index is 1610. The SMILES string of the molecule is CCCCCCCCCCC(=O)OC[C@H](COP(=O)(O)OC[C@H](O)COP(=O)(O)OC[C@@H](COC(=O)CCCCCCCCCC(C)C)OC(=O)CCCCCCCCCCCCC(C)C)OC(=O)CCCCCCCCCC(C)C. The smallest absolute Gasteiger partial charge is 0.462 e. The summed E-state index contributed by atoms with van der Waals surface area (Å²) in [5.41, 5.74) is 0. The fourth-order valence-corrected chi connectivity index (χ4v) is 10.7. The van der Waals surface area contributed by atoms with Gasteiger partial charge in [0.15, 0.2) is 12.2 Å². The molecule has 0 heterocycles. The molecule has 17 nitrogen and oxygen atoms in total. The van der Waals surface area contributed by atoms with Crippen LogP contribution in [-0.4, -0.2) is 96.7 Å². The zero-order valence-corrected chi connectivity index (χ0v) is 54.0. The first-order valence-corrected chi connectivity index (χ1v) is 35.3. The number of aliphatic hydroxyl groups is 1. The Hall–Kier alpha value is -1.94. The molecule has 0 aliphatic carbocycles. The molecule has 0 rings (SSSR count). The lowest BCUT2D eigenvalue weighted by molar-refractivity contribution is -0.161. The van der Waals surface area contributed by atoms with Crippen LogP contribution in [0.15, 0.2) is 0 Å². The molecule has 0 aliphatic heterocycles. The first-order chi connectivity index (χ1) is 38.7. The maximum Gasteiger partial charge on any atom is 0.472 e. The molecule has 480 valence electrons. The van der Waals surface area contributed by atoms with Crippen molar-refractivity contribution in [3.05, 3.63) is 0 Å². The number of unbranched alkanes of at least 4 members (excludes halogenated alkanes) is 28. The third-order valence-corrected chi connectivity index (χ3v) is 16.0. The van der Waals surface area contributed by atoms with Crippen molar-refractivity contribution in [1.82, 2.24) is 0 Å². The lowest BCUT2D eigenvalue weighted by Crippen LogP contribution is -2.30. The van der Waals surface area contributed by atoms with Gasteiger partial charge in [-0.05, 0) is 43.4 Å². The van der Waals surface area contributed by atoms with Crippen LogP contribution in [0.4, 0.5) is 0 Å². The highest BCUT2D eigenvalue weighted by atomic mass is 31.2. The van der Waals surface area contributed by atoms with Gasteiger partial charge in [-0.25, -0.2) is 9.13 Å². The van der Waals surface area contributed by atoms with Gasteiger partial charge < -0.3 is 33.8 Å². The molecule has 3 N–H and O–H groups in total. The number of phosphoric ester groups is 2. The fraction of sp³-hybridized carbons (Fsp3) is 0.935. The molecule has 0 bridgehead atoms. The van der Waals surface area contributed by atoms with Gasteiger partial charge in [-0.15, -0.1) is 0 Å². The van der Waals surface area contributed by atoms with Gasteiger partial charge in [0.25, 0.3) is 0 Å².